The lowest BCUT2D eigenvalue weighted by molar-refractivity contribution is -0.135. The molecule has 0 radical (unpaired) electrons. The Hall–Kier alpha value is -3.19. The number of carbonyl (C=O) groups is 2. The van der Waals surface area contributed by atoms with Gasteiger partial charge in [0.2, 0.25) is 5.91 Å². The minimum atomic E-state index is -0.361. The summed E-state index contributed by atoms with van der Waals surface area (Å²) in [6.07, 6.45) is 2.97. The van der Waals surface area contributed by atoms with Gasteiger partial charge < -0.3 is 14.5 Å². The molecule has 0 bridgehead atoms. The van der Waals surface area contributed by atoms with Gasteiger partial charge in [0.1, 0.15) is 24.7 Å². The molecule has 1 unspecified atom stereocenters. The van der Waals surface area contributed by atoms with Gasteiger partial charge in [0.25, 0.3) is 5.91 Å². The summed E-state index contributed by atoms with van der Waals surface area (Å²) in [5, 5.41) is 2.04. The van der Waals surface area contributed by atoms with E-state index in [0.717, 1.165) is 30.4 Å². The number of carbonyl (C=O) groups excluding carboxylic acids is 2. The fraction of sp³-hybridized carbons (Fsp3) is 0.357. The molecular formula is C28H29FN2O3S. The average molecular weight is 493 g/mol. The van der Waals surface area contributed by atoms with E-state index in [1.165, 1.54) is 17.0 Å². The van der Waals surface area contributed by atoms with Gasteiger partial charge in [-0.25, -0.2) is 4.39 Å². The Balaban J connectivity index is 1.34. The van der Waals surface area contributed by atoms with Crippen LogP contribution in [-0.4, -0.2) is 47.9 Å². The summed E-state index contributed by atoms with van der Waals surface area (Å²) >= 11 is 1.68. The number of thiophene rings is 1. The van der Waals surface area contributed by atoms with Crippen LogP contribution in [0.2, 0.25) is 0 Å². The number of hydrogen-bond acceptors (Lipinski definition) is 4. The summed E-state index contributed by atoms with van der Waals surface area (Å²) in [6.45, 7) is 3.42. The van der Waals surface area contributed by atoms with Crippen LogP contribution < -0.4 is 4.74 Å². The first kappa shape index (κ1) is 23.5. The first-order valence-corrected chi connectivity index (χ1v) is 13.0. The maximum absolute atomic E-state index is 13.6. The summed E-state index contributed by atoms with van der Waals surface area (Å²) in [6, 6.07) is 15.3. The first-order valence-electron chi connectivity index (χ1n) is 12.1. The molecule has 0 saturated heterocycles. The highest BCUT2D eigenvalue weighted by molar-refractivity contribution is 7.10. The number of halogens is 1. The Bertz CT molecular complexity index is 1200. The summed E-state index contributed by atoms with van der Waals surface area (Å²) in [5.74, 6) is 0.348. The van der Waals surface area contributed by atoms with E-state index in [9.17, 15) is 14.0 Å². The van der Waals surface area contributed by atoms with Gasteiger partial charge in [-0.15, -0.1) is 11.3 Å². The molecule has 1 aliphatic carbocycles. The Kier molecular flexibility index (Phi) is 6.86. The molecule has 0 spiro atoms. The monoisotopic (exact) mass is 492 g/mol. The maximum atomic E-state index is 13.6. The number of rotatable bonds is 8. The number of benzene rings is 2. The summed E-state index contributed by atoms with van der Waals surface area (Å²) in [4.78, 5) is 31.7. The van der Waals surface area contributed by atoms with Gasteiger partial charge in [-0.2, -0.15) is 0 Å². The standard InChI is InChI=1S/C28H29FN2O3S/c1-19-5-9-21(10-6-19)28(33)30(16-20-7-8-20)17-27(32)31-13-11-26-24(12-14-35-26)25(31)18-34-23-4-2-3-22(29)15-23/h2-6,9-10,12,14-15,20,25H,7-8,11,13,16-18H2,1H3. The van der Waals surface area contributed by atoms with Crippen LogP contribution in [0, 0.1) is 18.7 Å². The Morgan fingerprint density at radius 3 is 2.69 bits per heavy atom. The zero-order chi connectivity index (χ0) is 24.4. The molecule has 2 aromatic carbocycles. The quantitative estimate of drug-likeness (QED) is 0.431. The molecule has 7 heteroatoms. The highest BCUT2D eigenvalue weighted by atomic mass is 32.1. The van der Waals surface area contributed by atoms with Crippen LogP contribution in [0.4, 0.5) is 4.39 Å². The van der Waals surface area contributed by atoms with Crippen molar-refractivity contribution in [3.8, 4) is 5.75 Å². The van der Waals surface area contributed by atoms with E-state index in [2.05, 4.69) is 0 Å². The Morgan fingerprint density at radius 1 is 1.14 bits per heavy atom. The topological polar surface area (TPSA) is 49.9 Å². The summed E-state index contributed by atoms with van der Waals surface area (Å²) < 4.78 is 19.6. The lowest BCUT2D eigenvalue weighted by Gasteiger charge is -2.37. The number of hydrogen-bond donors (Lipinski definition) is 0. The van der Waals surface area contributed by atoms with E-state index in [1.54, 1.807) is 28.4 Å². The number of fused-ring (bicyclic) bond motifs is 1. The maximum Gasteiger partial charge on any atom is 0.254 e. The number of nitrogens with zero attached hydrogens (tertiary/aromatic N) is 2. The molecule has 1 aliphatic heterocycles. The van der Waals surface area contributed by atoms with Gasteiger partial charge in [0.05, 0.1) is 6.04 Å². The molecular weight excluding hydrogens is 463 g/mol. The van der Waals surface area contributed by atoms with E-state index in [1.807, 2.05) is 47.5 Å². The molecule has 1 fully saturated rings. The second kappa shape index (κ2) is 10.2. The molecule has 3 aromatic rings. The van der Waals surface area contributed by atoms with Crippen molar-refractivity contribution in [1.29, 1.82) is 0 Å². The van der Waals surface area contributed by atoms with Crippen molar-refractivity contribution >= 4 is 23.2 Å². The SMILES string of the molecule is Cc1ccc(C(=O)N(CC(=O)N2CCc3sccc3C2COc2cccc(F)c2)CC2CC2)cc1. The molecule has 35 heavy (non-hydrogen) atoms. The van der Waals surface area contributed by atoms with Crippen molar-refractivity contribution in [2.45, 2.75) is 32.2 Å². The van der Waals surface area contributed by atoms with Crippen LogP contribution >= 0.6 is 11.3 Å². The normalized spacial score (nSPS) is 17.1. The van der Waals surface area contributed by atoms with Crippen molar-refractivity contribution in [3.63, 3.8) is 0 Å². The molecule has 1 atom stereocenters. The smallest absolute Gasteiger partial charge is 0.254 e. The van der Waals surface area contributed by atoms with Crippen LogP contribution in [-0.2, 0) is 11.2 Å². The van der Waals surface area contributed by atoms with Crippen LogP contribution in [0.25, 0.3) is 0 Å². The fourth-order valence-corrected chi connectivity index (χ4v) is 5.50. The molecule has 1 aromatic heterocycles. The first-order chi connectivity index (χ1) is 17.0. The van der Waals surface area contributed by atoms with Crippen molar-refractivity contribution in [2.75, 3.05) is 26.2 Å². The van der Waals surface area contributed by atoms with E-state index in [0.29, 0.717) is 30.3 Å². The zero-order valence-electron chi connectivity index (χ0n) is 19.8. The predicted molar refractivity (Wildman–Crippen MR) is 134 cm³/mol. The van der Waals surface area contributed by atoms with E-state index >= 15 is 0 Å². The van der Waals surface area contributed by atoms with Crippen LogP contribution in [0.15, 0.2) is 60.0 Å². The lowest BCUT2D eigenvalue weighted by Crippen LogP contribution is -2.48. The number of amides is 2. The van der Waals surface area contributed by atoms with E-state index in [-0.39, 0.29) is 36.8 Å². The van der Waals surface area contributed by atoms with Gasteiger partial charge in [0, 0.05) is 29.6 Å². The molecule has 2 aliphatic rings. The van der Waals surface area contributed by atoms with Crippen molar-refractivity contribution in [1.82, 2.24) is 9.80 Å². The van der Waals surface area contributed by atoms with E-state index in [4.69, 9.17) is 4.74 Å². The van der Waals surface area contributed by atoms with Gasteiger partial charge in [-0.05, 0) is 73.4 Å². The zero-order valence-corrected chi connectivity index (χ0v) is 20.6. The lowest BCUT2D eigenvalue weighted by atomic mass is 10.00. The minimum Gasteiger partial charge on any atom is -0.491 e. The number of ether oxygens (including phenoxy) is 1. The molecule has 2 heterocycles. The van der Waals surface area contributed by atoms with Gasteiger partial charge >= 0.3 is 0 Å². The van der Waals surface area contributed by atoms with Gasteiger partial charge in [-0.3, -0.25) is 9.59 Å². The molecule has 0 N–H and O–H groups in total. The predicted octanol–water partition coefficient (Wildman–Crippen LogP) is 5.25. The fourth-order valence-electron chi connectivity index (χ4n) is 4.57. The summed E-state index contributed by atoms with van der Waals surface area (Å²) in [5.41, 5.74) is 2.77. The highest BCUT2D eigenvalue weighted by Crippen LogP contribution is 2.35. The highest BCUT2D eigenvalue weighted by Gasteiger charge is 2.35. The third kappa shape index (κ3) is 5.56. The Morgan fingerprint density at radius 2 is 1.94 bits per heavy atom. The van der Waals surface area contributed by atoms with Crippen molar-refractivity contribution < 1.29 is 18.7 Å². The van der Waals surface area contributed by atoms with Crippen molar-refractivity contribution in [2.24, 2.45) is 5.92 Å². The molecule has 2 amide bonds. The molecule has 1 saturated carbocycles. The van der Waals surface area contributed by atoms with E-state index < -0.39 is 0 Å². The van der Waals surface area contributed by atoms with Gasteiger partial charge in [0.15, 0.2) is 0 Å². The second-order valence-corrected chi connectivity index (χ2v) is 10.4. The molecule has 5 rings (SSSR count). The number of aryl methyl sites for hydroxylation is 1. The Labute approximate surface area is 209 Å². The molecule has 182 valence electrons. The largest absolute Gasteiger partial charge is 0.491 e. The van der Waals surface area contributed by atoms with Crippen LogP contribution in [0.5, 0.6) is 5.75 Å². The van der Waals surface area contributed by atoms with Crippen LogP contribution in [0.1, 0.15) is 45.2 Å². The molecule has 5 nitrogen and oxygen atoms in total. The minimum absolute atomic E-state index is 0.0408. The summed E-state index contributed by atoms with van der Waals surface area (Å²) in [7, 11) is 0. The third-order valence-electron chi connectivity index (χ3n) is 6.71. The van der Waals surface area contributed by atoms with Crippen LogP contribution in [0.3, 0.4) is 0 Å². The second-order valence-electron chi connectivity index (χ2n) is 9.42. The average Bonchev–Trinajstić information content (AvgIpc) is 3.54. The van der Waals surface area contributed by atoms with Gasteiger partial charge in [-0.1, -0.05) is 23.8 Å². The van der Waals surface area contributed by atoms with Crippen molar-refractivity contribution in [3.05, 3.63) is 87.4 Å². The third-order valence-corrected chi connectivity index (χ3v) is 7.70.